The molecule has 1 aliphatic rings. The topological polar surface area (TPSA) is 29.5 Å². The van der Waals surface area contributed by atoms with Crippen LogP contribution in [0, 0.1) is 0 Å². The van der Waals surface area contributed by atoms with E-state index >= 15 is 0 Å². The molecule has 0 atom stereocenters. The number of para-hydroxylation sites is 1. The number of rotatable bonds is 4. The van der Waals surface area contributed by atoms with Gasteiger partial charge in [-0.25, -0.2) is 0 Å². The van der Waals surface area contributed by atoms with Gasteiger partial charge in [-0.3, -0.25) is 4.79 Å². The molecular weight excluding hydrogens is 274 g/mol. The number of benzene rings is 2. The van der Waals surface area contributed by atoms with Crippen molar-refractivity contribution in [3.63, 3.8) is 0 Å². The highest BCUT2D eigenvalue weighted by molar-refractivity contribution is 5.96. The predicted molar refractivity (Wildman–Crippen MR) is 88.4 cm³/mol. The van der Waals surface area contributed by atoms with E-state index in [1.54, 1.807) is 7.11 Å². The van der Waals surface area contributed by atoms with Crippen LogP contribution in [0.25, 0.3) is 0 Å². The molecule has 0 radical (unpaired) electrons. The van der Waals surface area contributed by atoms with Crippen LogP contribution in [0.2, 0.25) is 0 Å². The van der Waals surface area contributed by atoms with Crippen molar-refractivity contribution in [2.24, 2.45) is 0 Å². The SMILES string of the molecule is COc1cccc2c1N(C(=O)CCc1ccccc1)CCC2. The van der Waals surface area contributed by atoms with Gasteiger partial charge in [-0.05, 0) is 36.5 Å². The van der Waals surface area contributed by atoms with Gasteiger partial charge in [0, 0.05) is 13.0 Å². The predicted octanol–water partition coefficient (Wildman–Crippen LogP) is 3.61. The normalized spacial score (nSPS) is 13.6. The summed E-state index contributed by atoms with van der Waals surface area (Å²) in [6.45, 7) is 0.779. The van der Waals surface area contributed by atoms with Crippen molar-refractivity contribution >= 4 is 11.6 Å². The number of carbonyl (C=O) groups is 1. The summed E-state index contributed by atoms with van der Waals surface area (Å²) >= 11 is 0. The molecule has 22 heavy (non-hydrogen) atoms. The Morgan fingerprint density at radius 3 is 2.73 bits per heavy atom. The number of hydrogen-bond acceptors (Lipinski definition) is 2. The molecular formula is C19H21NO2. The summed E-state index contributed by atoms with van der Waals surface area (Å²) in [6, 6.07) is 16.2. The lowest BCUT2D eigenvalue weighted by Crippen LogP contribution is -2.35. The van der Waals surface area contributed by atoms with E-state index in [4.69, 9.17) is 4.74 Å². The fraction of sp³-hybridized carbons (Fsp3) is 0.316. The summed E-state index contributed by atoms with van der Waals surface area (Å²) in [5.41, 5.74) is 3.38. The molecule has 0 bridgehead atoms. The smallest absolute Gasteiger partial charge is 0.227 e. The quantitative estimate of drug-likeness (QED) is 0.862. The van der Waals surface area contributed by atoms with E-state index in [1.165, 1.54) is 11.1 Å². The van der Waals surface area contributed by atoms with Crippen LogP contribution >= 0.6 is 0 Å². The maximum atomic E-state index is 12.7. The minimum Gasteiger partial charge on any atom is -0.495 e. The Labute approximate surface area is 131 Å². The van der Waals surface area contributed by atoms with Crippen LogP contribution in [0.15, 0.2) is 48.5 Å². The van der Waals surface area contributed by atoms with Crippen LogP contribution in [0.5, 0.6) is 5.75 Å². The number of nitrogens with zero attached hydrogens (tertiary/aromatic N) is 1. The average Bonchev–Trinajstić information content (AvgIpc) is 2.59. The van der Waals surface area contributed by atoms with E-state index in [1.807, 2.05) is 35.2 Å². The highest BCUT2D eigenvalue weighted by Crippen LogP contribution is 2.36. The van der Waals surface area contributed by atoms with Crippen LogP contribution in [-0.4, -0.2) is 19.6 Å². The third-order valence-electron chi connectivity index (χ3n) is 4.17. The maximum Gasteiger partial charge on any atom is 0.227 e. The van der Waals surface area contributed by atoms with Gasteiger partial charge < -0.3 is 9.64 Å². The lowest BCUT2D eigenvalue weighted by Gasteiger charge is -2.31. The van der Waals surface area contributed by atoms with Crippen molar-refractivity contribution in [3.05, 3.63) is 59.7 Å². The molecule has 0 aliphatic carbocycles. The zero-order valence-corrected chi connectivity index (χ0v) is 12.9. The number of fused-ring (bicyclic) bond motifs is 1. The van der Waals surface area contributed by atoms with E-state index in [-0.39, 0.29) is 5.91 Å². The number of amides is 1. The van der Waals surface area contributed by atoms with E-state index in [2.05, 4.69) is 18.2 Å². The fourth-order valence-corrected chi connectivity index (χ4v) is 3.06. The van der Waals surface area contributed by atoms with Gasteiger partial charge in [0.2, 0.25) is 5.91 Å². The number of anilines is 1. The van der Waals surface area contributed by atoms with Crippen molar-refractivity contribution in [2.45, 2.75) is 25.7 Å². The molecule has 3 rings (SSSR count). The van der Waals surface area contributed by atoms with Crippen molar-refractivity contribution in [1.82, 2.24) is 0 Å². The second-order valence-electron chi connectivity index (χ2n) is 5.60. The molecule has 3 heteroatoms. The maximum absolute atomic E-state index is 12.7. The van der Waals surface area contributed by atoms with Crippen molar-refractivity contribution in [2.75, 3.05) is 18.6 Å². The molecule has 0 unspecified atom stereocenters. The van der Waals surface area contributed by atoms with Crippen molar-refractivity contribution in [1.29, 1.82) is 0 Å². The van der Waals surface area contributed by atoms with Gasteiger partial charge in [-0.1, -0.05) is 42.5 Å². The van der Waals surface area contributed by atoms with E-state index < -0.39 is 0 Å². The number of aryl methyl sites for hydroxylation is 2. The number of carbonyl (C=O) groups excluding carboxylic acids is 1. The number of methoxy groups -OCH3 is 1. The lowest BCUT2D eigenvalue weighted by molar-refractivity contribution is -0.118. The Hall–Kier alpha value is -2.29. The van der Waals surface area contributed by atoms with E-state index in [0.717, 1.165) is 37.2 Å². The Morgan fingerprint density at radius 1 is 1.14 bits per heavy atom. The van der Waals surface area contributed by atoms with Gasteiger partial charge in [0.25, 0.3) is 0 Å². The average molecular weight is 295 g/mol. The van der Waals surface area contributed by atoms with Crippen molar-refractivity contribution in [3.8, 4) is 5.75 Å². The van der Waals surface area contributed by atoms with Crippen LogP contribution in [-0.2, 0) is 17.6 Å². The molecule has 114 valence electrons. The second kappa shape index (κ2) is 6.65. The highest BCUT2D eigenvalue weighted by Gasteiger charge is 2.25. The van der Waals surface area contributed by atoms with Crippen LogP contribution in [0.1, 0.15) is 24.0 Å². The summed E-state index contributed by atoms with van der Waals surface area (Å²) < 4.78 is 5.46. The summed E-state index contributed by atoms with van der Waals surface area (Å²) in [7, 11) is 1.66. The minimum atomic E-state index is 0.175. The van der Waals surface area contributed by atoms with Gasteiger partial charge in [-0.15, -0.1) is 0 Å². The standard InChI is InChI=1S/C19H21NO2/c1-22-17-11-5-9-16-10-6-14-20(19(16)17)18(21)13-12-15-7-3-2-4-8-15/h2-5,7-9,11H,6,10,12-14H2,1H3. The molecule has 1 amide bonds. The summed E-state index contributed by atoms with van der Waals surface area (Å²) in [4.78, 5) is 14.6. The molecule has 0 fully saturated rings. The highest BCUT2D eigenvalue weighted by atomic mass is 16.5. The van der Waals surface area contributed by atoms with Gasteiger partial charge in [0.15, 0.2) is 0 Å². The van der Waals surface area contributed by atoms with Crippen molar-refractivity contribution < 1.29 is 9.53 Å². The molecule has 0 spiro atoms. The van der Waals surface area contributed by atoms with Gasteiger partial charge in [0.05, 0.1) is 12.8 Å². The molecule has 0 aromatic heterocycles. The zero-order chi connectivity index (χ0) is 15.4. The Balaban J connectivity index is 1.77. The minimum absolute atomic E-state index is 0.175. The molecule has 3 nitrogen and oxygen atoms in total. The molecule has 0 saturated carbocycles. The lowest BCUT2D eigenvalue weighted by atomic mass is 10.00. The number of ether oxygens (including phenoxy) is 1. The summed E-state index contributed by atoms with van der Waals surface area (Å²) in [6.07, 6.45) is 3.33. The third-order valence-corrected chi connectivity index (χ3v) is 4.17. The van der Waals surface area contributed by atoms with E-state index in [9.17, 15) is 4.79 Å². The first-order valence-corrected chi connectivity index (χ1v) is 7.80. The van der Waals surface area contributed by atoms with Crippen LogP contribution < -0.4 is 9.64 Å². The fourth-order valence-electron chi connectivity index (χ4n) is 3.06. The third kappa shape index (κ3) is 2.98. The molecule has 0 N–H and O–H groups in total. The van der Waals surface area contributed by atoms with Gasteiger partial charge in [0.1, 0.15) is 5.75 Å². The Morgan fingerprint density at radius 2 is 1.95 bits per heavy atom. The number of hydrogen-bond donors (Lipinski definition) is 0. The molecule has 1 heterocycles. The summed E-state index contributed by atoms with van der Waals surface area (Å²) in [5.74, 6) is 0.972. The van der Waals surface area contributed by atoms with Gasteiger partial charge in [-0.2, -0.15) is 0 Å². The van der Waals surface area contributed by atoms with Gasteiger partial charge >= 0.3 is 0 Å². The first kappa shape index (κ1) is 14.6. The Bertz CT molecular complexity index is 637. The zero-order valence-electron chi connectivity index (χ0n) is 12.9. The molecule has 1 aliphatic heterocycles. The second-order valence-corrected chi connectivity index (χ2v) is 5.60. The molecule has 2 aromatic rings. The first-order chi connectivity index (χ1) is 10.8. The monoisotopic (exact) mass is 295 g/mol. The molecule has 0 saturated heterocycles. The van der Waals surface area contributed by atoms with E-state index in [0.29, 0.717) is 6.42 Å². The van der Waals surface area contributed by atoms with Crippen LogP contribution in [0.4, 0.5) is 5.69 Å². The van der Waals surface area contributed by atoms with Crippen LogP contribution in [0.3, 0.4) is 0 Å². The Kier molecular flexibility index (Phi) is 4.42. The summed E-state index contributed by atoms with van der Waals surface area (Å²) in [5, 5.41) is 0. The first-order valence-electron chi connectivity index (χ1n) is 7.80. The largest absolute Gasteiger partial charge is 0.495 e. The molecule has 2 aromatic carbocycles.